The van der Waals surface area contributed by atoms with Crippen molar-refractivity contribution in [1.29, 1.82) is 0 Å². The maximum Gasteiger partial charge on any atom is 0.251 e. The van der Waals surface area contributed by atoms with Crippen LogP contribution in [0.25, 0.3) is 21.2 Å². The monoisotopic (exact) mass is 443 g/mol. The molecule has 0 fully saturated rings. The van der Waals surface area contributed by atoms with E-state index in [0.29, 0.717) is 18.7 Å². The van der Waals surface area contributed by atoms with Gasteiger partial charge in [0.1, 0.15) is 0 Å². The Labute approximate surface area is 191 Å². The van der Waals surface area contributed by atoms with Gasteiger partial charge in [0, 0.05) is 40.8 Å². The zero-order chi connectivity index (χ0) is 22.5. The van der Waals surface area contributed by atoms with Crippen molar-refractivity contribution in [3.63, 3.8) is 0 Å². The Morgan fingerprint density at radius 2 is 1.72 bits per heavy atom. The molecule has 1 N–H and O–H groups in total. The molecule has 4 nitrogen and oxygen atoms in total. The fourth-order valence-electron chi connectivity index (χ4n) is 3.73. The number of rotatable bonds is 8. The first kappa shape index (κ1) is 21.9. The predicted molar refractivity (Wildman–Crippen MR) is 131 cm³/mol. The Hall–Kier alpha value is -3.28. The molecule has 1 aromatic heterocycles. The smallest absolute Gasteiger partial charge is 0.251 e. The Morgan fingerprint density at radius 1 is 0.938 bits per heavy atom. The largest absolute Gasteiger partial charge is 0.383 e. The van der Waals surface area contributed by atoms with Gasteiger partial charge in [-0.2, -0.15) is 0 Å². The molecular weight excluding hydrogens is 418 g/mol. The quantitative estimate of drug-likeness (QED) is 0.279. The molecule has 4 rings (SSSR count). The molecule has 3 aromatic carbocycles. The average Bonchev–Trinajstić information content (AvgIpc) is 3.22. The number of carbonyl (C=O) groups excluding carboxylic acids is 2. The Bertz CT molecular complexity index is 1270. The van der Waals surface area contributed by atoms with Crippen LogP contribution in [0.3, 0.4) is 0 Å². The molecule has 1 heterocycles. The van der Waals surface area contributed by atoms with E-state index >= 15 is 0 Å². The van der Waals surface area contributed by atoms with Gasteiger partial charge in [-0.25, -0.2) is 0 Å². The summed E-state index contributed by atoms with van der Waals surface area (Å²) in [6.07, 6.45) is 0.780. The zero-order valence-electron chi connectivity index (χ0n) is 18.2. The molecule has 0 spiro atoms. The lowest BCUT2D eigenvalue weighted by molar-refractivity contribution is 0.0936. The molecule has 0 saturated heterocycles. The minimum atomic E-state index is -0.103. The highest BCUT2D eigenvalue weighted by molar-refractivity contribution is 7.19. The topological polar surface area (TPSA) is 55.4 Å². The van der Waals surface area contributed by atoms with Gasteiger partial charge in [-0.1, -0.05) is 48.5 Å². The number of amides is 1. The van der Waals surface area contributed by atoms with E-state index in [1.165, 1.54) is 15.0 Å². The molecule has 162 valence electrons. The predicted octanol–water partition coefficient (Wildman–Crippen LogP) is 5.74. The third-order valence-electron chi connectivity index (χ3n) is 5.33. The van der Waals surface area contributed by atoms with Crippen LogP contribution in [-0.4, -0.2) is 32.0 Å². The summed E-state index contributed by atoms with van der Waals surface area (Å²) in [5.41, 5.74) is 4.63. The van der Waals surface area contributed by atoms with Crippen LogP contribution in [-0.2, 0) is 11.2 Å². The summed E-state index contributed by atoms with van der Waals surface area (Å²) in [7, 11) is 1.61. The highest BCUT2D eigenvalue weighted by Gasteiger charge is 2.12. The number of ether oxygens (including phenoxy) is 1. The van der Waals surface area contributed by atoms with E-state index in [0.717, 1.165) is 28.7 Å². The van der Waals surface area contributed by atoms with Crippen molar-refractivity contribution < 1.29 is 14.3 Å². The molecule has 0 radical (unpaired) electrons. The summed E-state index contributed by atoms with van der Waals surface area (Å²) in [5.74, 6) is -0.0232. The number of benzene rings is 3. The number of methoxy groups -OCH3 is 1. The highest BCUT2D eigenvalue weighted by atomic mass is 32.1. The number of nitrogens with one attached hydrogen (secondary N) is 1. The SMILES string of the molecule is COCCNC(=O)c1cccc(-c2cccc3cc(Cc4cccc(C(C)=O)c4)sc23)c1. The van der Waals surface area contributed by atoms with E-state index in [1.807, 2.05) is 42.5 Å². The van der Waals surface area contributed by atoms with Crippen LogP contribution in [0.15, 0.2) is 72.8 Å². The maximum absolute atomic E-state index is 12.5. The lowest BCUT2D eigenvalue weighted by Crippen LogP contribution is -2.26. The summed E-state index contributed by atoms with van der Waals surface area (Å²) in [6, 6.07) is 24.0. The van der Waals surface area contributed by atoms with Gasteiger partial charge < -0.3 is 10.1 Å². The Balaban J connectivity index is 1.63. The fourth-order valence-corrected chi connectivity index (χ4v) is 4.96. The summed E-state index contributed by atoms with van der Waals surface area (Å²) >= 11 is 1.76. The van der Waals surface area contributed by atoms with Crippen LogP contribution in [0, 0.1) is 0 Å². The van der Waals surface area contributed by atoms with Crippen molar-refractivity contribution in [2.45, 2.75) is 13.3 Å². The van der Waals surface area contributed by atoms with Gasteiger partial charge in [-0.3, -0.25) is 9.59 Å². The van der Waals surface area contributed by atoms with Gasteiger partial charge in [-0.05, 0) is 53.3 Å². The lowest BCUT2D eigenvalue weighted by atomic mass is 10.0. The minimum Gasteiger partial charge on any atom is -0.383 e. The van der Waals surface area contributed by atoms with Gasteiger partial charge in [0.05, 0.1) is 6.61 Å². The number of carbonyl (C=O) groups is 2. The molecule has 0 aliphatic rings. The second-order valence-electron chi connectivity index (χ2n) is 7.70. The molecule has 4 aromatic rings. The van der Waals surface area contributed by atoms with Crippen LogP contribution in [0.1, 0.15) is 38.1 Å². The third kappa shape index (κ3) is 4.96. The van der Waals surface area contributed by atoms with Gasteiger partial charge in [0.2, 0.25) is 0 Å². The molecule has 0 aliphatic heterocycles. The zero-order valence-corrected chi connectivity index (χ0v) is 19.0. The molecule has 0 aliphatic carbocycles. The minimum absolute atomic E-state index is 0.0802. The second kappa shape index (κ2) is 9.90. The van der Waals surface area contributed by atoms with E-state index in [4.69, 9.17) is 4.74 Å². The van der Waals surface area contributed by atoms with Gasteiger partial charge >= 0.3 is 0 Å². The fraction of sp³-hybridized carbons (Fsp3) is 0.185. The van der Waals surface area contributed by atoms with E-state index < -0.39 is 0 Å². The van der Waals surface area contributed by atoms with Crippen molar-refractivity contribution in [3.8, 4) is 11.1 Å². The van der Waals surface area contributed by atoms with Crippen LogP contribution >= 0.6 is 11.3 Å². The van der Waals surface area contributed by atoms with Crippen LogP contribution in [0.4, 0.5) is 0 Å². The number of thiophene rings is 1. The Morgan fingerprint density at radius 3 is 2.53 bits per heavy atom. The number of fused-ring (bicyclic) bond motifs is 1. The molecule has 0 unspecified atom stereocenters. The molecule has 5 heteroatoms. The standard InChI is InChI=1S/C27H25NO3S/c1-18(29)20-7-3-6-19(14-20)15-24-17-22-9-5-11-25(26(22)32-24)21-8-4-10-23(16-21)27(30)28-12-13-31-2/h3-11,14,16-17H,12-13,15H2,1-2H3,(H,28,30). The molecule has 0 bridgehead atoms. The second-order valence-corrected chi connectivity index (χ2v) is 8.84. The first-order valence-electron chi connectivity index (χ1n) is 10.5. The van der Waals surface area contributed by atoms with Crippen molar-refractivity contribution in [3.05, 3.63) is 94.4 Å². The molecule has 0 atom stereocenters. The van der Waals surface area contributed by atoms with Gasteiger partial charge in [0.15, 0.2) is 5.78 Å². The Kier molecular flexibility index (Phi) is 6.78. The summed E-state index contributed by atoms with van der Waals surface area (Å²) in [5, 5.41) is 4.05. The maximum atomic E-state index is 12.5. The van der Waals surface area contributed by atoms with Crippen LogP contribution < -0.4 is 5.32 Å². The molecule has 32 heavy (non-hydrogen) atoms. The summed E-state index contributed by atoms with van der Waals surface area (Å²) in [6.45, 7) is 2.56. The third-order valence-corrected chi connectivity index (χ3v) is 6.52. The van der Waals surface area contributed by atoms with Crippen molar-refractivity contribution in [1.82, 2.24) is 5.32 Å². The first-order chi connectivity index (χ1) is 15.5. The van der Waals surface area contributed by atoms with E-state index in [9.17, 15) is 9.59 Å². The van der Waals surface area contributed by atoms with E-state index in [-0.39, 0.29) is 11.7 Å². The molecular formula is C27H25NO3S. The molecule has 1 amide bonds. The number of hydrogen-bond donors (Lipinski definition) is 1. The summed E-state index contributed by atoms with van der Waals surface area (Å²) < 4.78 is 6.20. The van der Waals surface area contributed by atoms with Crippen molar-refractivity contribution in [2.24, 2.45) is 0 Å². The number of Topliss-reactive ketones (excluding diaryl/α,β-unsaturated/α-hetero) is 1. The van der Waals surface area contributed by atoms with Crippen LogP contribution in [0.5, 0.6) is 0 Å². The van der Waals surface area contributed by atoms with Crippen LogP contribution in [0.2, 0.25) is 0 Å². The summed E-state index contributed by atoms with van der Waals surface area (Å²) in [4.78, 5) is 25.4. The highest BCUT2D eigenvalue weighted by Crippen LogP contribution is 2.36. The first-order valence-corrected chi connectivity index (χ1v) is 11.4. The average molecular weight is 444 g/mol. The van der Waals surface area contributed by atoms with E-state index in [2.05, 4.69) is 35.6 Å². The van der Waals surface area contributed by atoms with E-state index in [1.54, 1.807) is 25.4 Å². The lowest BCUT2D eigenvalue weighted by Gasteiger charge is -2.08. The molecule has 0 saturated carbocycles. The van der Waals surface area contributed by atoms with Crippen molar-refractivity contribution >= 4 is 33.1 Å². The van der Waals surface area contributed by atoms with Gasteiger partial charge in [-0.15, -0.1) is 11.3 Å². The normalized spacial score (nSPS) is 10.9. The van der Waals surface area contributed by atoms with Gasteiger partial charge in [0.25, 0.3) is 5.91 Å². The number of hydrogen-bond acceptors (Lipinski definition) is 4. The number of ketones is 1. The van der Waals surface area contributed by atoms with Crippen molar-refractivity contribution in [2.75, 3.05) is 20.3 Å².